The first-order valence-electron chi connectivity index (χ1n) is 17.4. The summed E-state index contributed by atoms with van der Waals surface area (Å²) >= 11 is 1.86. The van der Waals surface area contributed by atoms with Gasteiger partial charge in [-0.25, -0.2) is 9.97 Å². The predicted molar refractivity (Wildman–Crippen MR) is 211 cm³/mol. The van der Waals surface area contributed by atoms with Crippen molar-refractivity contribution in [3.63, 3.8) is 0 Å². The third-order valence-corrected chi connectivity index (χ3v) is 11.3. The van der Waals surface area contributed by atoms with E-state index >= 15 is 0 Å². The molecule has 52 heavy (non-hydrogen) atoms. The molecule has 1 aliphatic heterocycles. The van der Waals surface area contributed by atoms with Gasteiger partial charge in [0, 0.05) is 50.6 Å². The summed E-state index contributed by atoms with van der Waals surface area (Å²) in [6, 6.07) is 53.9. The van der Waals surface area contributed by atoms with Crippen molar-refractivity contribution in [3.8, 4) is 45.2 Å². The minimum Gasteiger partial charge on any atom is -0.264 e. The Bertz CT molecular complexity index is 2610. The van der Waals surface area contributed by atoms with E-state index < -0.39 is 5.41 Å². The highest BCUT2D eigenvalue weighted by Crippen LogP contribution is 2.58. The predicted octanol–water partition coefficient (Wildman–Crippen LogP) is 11.3. The standard InChI is InChI=1S/C47H30N4S/c1-2-12-33(13-3-1)42-28-43(51-46(50-42)36-24-25-41(49-30-36)35-14-10-26-48-29-35)34-23-22-32-21-20-31-11-4-5-15-37(31)47(40(32)27-34)38-16-6-8-18-44(38)52-45-19-9-7-17-39(45)47/h1-30H. The molecular formula is C47H30N4S. The van der Waals surface area contributed by atoms with E-state index in [1.54, 1.807) is 6.20 Å². The largest absolute Gasteiger partial charge is 0.264 e. The first kappa shape index (κ1) is 30.4. The van der Waals surface area contributed by atoms with Crippen molar-refractivity contribution in [1.82, 2.24) is 19.9 Å². The van der Waals surface area contributed by atoms with Gasteiger partial charge in [0.15, 0.2) is 5.82 Å². The molecule has 0 saturated heterocycles. The molecule has 0 atom stereocenters. The van der Waals surface area contributed by atoms with E-state index in [1.807, 2.05) is 66.6 Å². The second-order valence-corrected chi connectivity index (χ2v) is 14.2. The van der Waals surface area contributed by atoms with E-state index in [4.69, 9.17) is 15.0 Å². The zero-order valence-electron chi connectivity index (χ0n) is 28.0. The lowest BCUT2D eigenvalue weighted by atomic mass is 9.63. The molecule has 0 radical (unpaired) electrons. The molecular weight excluding hydrogens is 653 g/mol. The summed E-state index contributed by atoms with van der Waals surface area (Å²) < 4.78 is 0. The minimum atomic E-state index is -0.548. The van der Waals surface area contributed by atoms with Crippen molar-refractivity contribution in [2.24, 2.45) is 0 Å². The molecule has 0 unspecified atom stereocenters. The van der Waals surface area contributed by atoms with Gasteiger partial charge < -0.3 is 0 Å². The van der Waals surface area contributed by atoms with E-state index in [2.05, 4.69) is 126 Å². The highest BCUT2D eigenvalue weighted by molar-refractivity contribution is 7.99. The lowest BCUT2D eigenvalue weighted by Crippen LogP contribution is -2.35. The average Bonchev–Trinajstić information content (AvgIpc) is 3.36. The van der Waals surface area contributed by atoms with Crippen molar-refractivity contribution in [2.45, 2.75) is 15.2 Å². The number of hydrogen-bond donors (Lipinski definition) is 0. The van der Waals surface area contributed by atoms with Crippen LogP contribution in [-0.2, 0) is 5.41 Å². The Labute approximate surface area is 306 Å². The van der Waals surface area contributed by atoms with Crippen LogP contribution in [0.1, 0.15) is 33.4 Å². The number of rotatable bonds is 4. The number of pyridine rings is 2. The van der Waals surface area contributed by atoms with Crippen LogP contribution in [0.3, 0.4) is 0 Å². The number of nitrogens with zero attached hydrogens (tertiary/aromatic N) is 4. The van der Waals surface area contributed by atoms with Gasteiger partial charge in [-0.3, -0.25) is 9.97 Å². The lowest BCUT2D eigenvalue weighted by molar-refractivity contribution is 0.701. The second-order valence-electron chi connectivity index (χ2n) is 13.1. The van der Waals surface area contributed by atoms with Gasteiger partial charge in [-0.1, -0.05) is 127 Å². The van der Waals surface area contributed by atoms with Gasteiger partial charge in [-0.05, 0) is 81.9 Å². The maximum atomic E-state index is 5.26. The fourth-order valence-electron chi connectivity index (χ4n) is 7.76. The van der Waals surface area contributed by atoms with Crippen LogP contribution in [0.2, 0.25) is 0 Å². The van der Waals surface area contributed by atoms with Crippen molar-refractivity contribution >= 4 is 23.9 Å². The van der Waals surface area contributed by atoms with E-state index in [1.165, 1.54) is 43.2 Å². The van der Waals surface area contributed by atoms with Crippen LogP contribution in [0.5, 0.6) is 0 Å². The molecule has 2 aliphatic rings. The first-order chi connectivity index (χ1) is 25.8. The van der Waals surface area contributed by atoms with Crippen LogP contribution in [0, 0.1) is 0 Å². The minimum absolute atomic E-state index is 0.548. The summed E-state index contributed by atoms with van der Waals surface area (Å²) in [4.78, 5) is 22.0. The normalized spacial score (nSPS) is 13.4. The number of hydrogen-bond acceptors (Lipinski definition) is 5. The van der Waals surface area contributed by atoms with Gasteiger partial charge in [0.1, 0.15) is 0 Å². The highest BCUT2D eigenvalue weighted by Gasteiger charge is 2.46. The molecule has 0 N–H and O–H groups in total. The highest BCUT2D eigenvalue weighted by atomic mass is 32.2. The van der Waals surface area contributed by atoms with Crippen molar-refractivity contribution in [3.05, 3.63) is 204 Å². The fraction of sp³-hybridized carbons (Fsp3) is 0.0213. The number of benzene rings is 5. The van der Waals surface area contributed by atoms with Crippen LogP contribution in [0.15, 0.2) is 180 Å². The quantitative estimate of drug-likeness (QED) is 0.185. The molecule has 8 aromatic rings. The Hall–Kier alpha value is -6.43. The van der Waals surface area contributed by atoms with Crippen LogP contribution >= 0.6 is 11.8 Å². The summed E-state index contributed by atoms with van der Waals surface area (Å²) in [6.45, 7) is 0. The van der Waals surface area contributed by atoms with E-state index in [9.17, 15) is 0 Å². The van der Waals surface area contributed by atoms with Gasteiger partial charge in [-0.2, -0.15) is 0 Å². The molecule has 0 saturated carbocycles. The first-order valence-corrected chi connectivity index (χ1v) is 18.2. The van der Waals surface area contributed by atoms with Crippen LogP contribution in [0.4, 0.5) is 0 Å². The number of fused-ring (bicyclic) bond motifs is 8. The molecule has 4 nitrogen and oxygen atoms in total. The van der Waals surface area contributed by atoms with Gasteiger partial charge in [0.05, 0.1) is 22.5 Å². The van der Waals surface area contributed by atoms with Crippen LogP contribution in [-0.4, -0.2) is 19.9 Å². The smallest absolute Gasteiger partial charge is 0.161 e. The molecule has 3 aromatic heterocycles. The molecule has 10 rings (SSSR count). The maximum Gasteiger partial charge on any atom is 0.161 e. The summed E-state index contributed by atoms with van der Waals surface area (Å²) in [5.41, 5.74) is 13.4. The fourth-order valence-corrected chi connectivity index (χ4v) is 8.95. The van der Waals surface area contributed by atoms with Crippen molar-refractivity contribution in [1.29, 1.82) is 0 Å². The van der Waals surface area contributed by atoms with E-state index in [-0.39, 0.29) is 0 Å². The second kappa shape index (κ2) is 12.4. The molecule has 1 spiro atoms. The van der Waals surface area contributed by atoms with Crippen LogP contribution in [0.25, 0.3) is 57.3 Å². The Morgan fingerprint density at radius 3 is 1.77 bits per heavy atom. The summed E-state index contributed by atoms with van der Waals surface area (Å²) in [6.07, 6.45) is 10.0. The average molecular weight is 683 g/mol. The molecule has 0 fully saturated rings. The monoisotopic (exact) mass is 682 g/mol. The van der Waals surface area contributed by atoms with Gasteiger partial charge >= 0.3 is 0 Å². The zero-order valence-corrected chi connectivity index (χ0v) is 28.8. The molecule has 0 amide bonds. The Kier molecular flexibility index (Phi) is 7.25. The third kappa shape index (κ3) is 4.93. The summed E-state index contributed by atoms with van der Waals surface area (Å²) in [5.74, 6) is 0.626. The molecule has 5 heteroatoms. The topological polar surface area (TPSA) is 51.6 Å². The summed E-state index contributed by atoms with van der Waals surface area (Å²) in [5, 5.41) is 0. The van der Waals surface area contributed by atoms with Gasteiger partial charge in [0.25, 0.3) is 0 Å². The van der Waals surface area contributed by atoms with Gasteiger partial charge in [-0.15, -0.1) is 0 Å². The Balaban J connectivity index is 1.21. The lowest BCUT2D eigenvalue weighted by Gasteiger charge is -2.42. The maximum absolute atomic E-state index is 5.26. The molecule has 4 heterocycles. The molecule has 244 valence electrons. The zero-order chi connectivity index (χ0) is 34.5. The van der Waals surface area contributed by atoms with Gasteiger partial charge in [0.2, 0.25) is 0 Å². The van der Waals surface area contributed by atoms with Crippen molar-refractivity contribution < 1.29 is 0 Å². The SMILES string of the molecule is C1=Cc2ccc(-c3cc(-c4ccccc4)nc(-c4ccc(-c5cccnc5)nc4)n3)cc2C2(c3ccccc31)c1ccccc1Sc1ccccc12. The number of aromatic nitrogens is 4. The Morgan fingerprint density at radius 2 is 1.06 bits per heavy atom. The third-order valence-electron chi connectivity index (χ3n) is 10.1. The summed E-state index contributed by atoms with van der Waals surface area (Å²) in [7, 11) is 0. The Morgan fingerprint density at radius 1 is 0.423 bits per heavy atom. The van der Waals surface area contributed by atoms with E-state index in [0.717, 1.165) is 39.3 Å². The molecule has 1 aliphatic carbocycles. The van der Waals surface area contributed by atoms with Crippen molar-refractivity contribution in [2.75, 3.05) is 0 Å². The van der Waals surface area contributed by atoms with Crippen LogP contribution < -0.4 is 0 Å². The molecule has 5 aromatic carbocycles. The molecule has 0 bridgehead atoms. The van der Waals surface area contributed by atoms with E-state index in [0.29, 0.717) is 5.82 Å².